The van der Waals surface area contributed by atoms with E-state index in [0.29, 0.717) is 38.3 Å². The van der Waals surface area contributed by atoms with E-state index in [0.717, 1.165) is 0 Å². The molecule has 1 amide bonds. The maximum absolute atomic E-state index is 12.4. The van der Waals surface area contributed by atoms with E-state index in [1.807, 2.05) is 6.07 Å². The molecule has 2 aromatic carbocycles. The van der Waals surface area contributed by atoms with Crippen LogP contribution < -0.4 is 20.3 Å². The molecule has 0 unspecified atom stereocenters. The highest BCUT2D eigenvalue weighted by Gasteiger charge is 2.14. The van der Waals surface area contributed by atoms with Crippen molar-refractivity contribution >= 4 is 45.9 Å². The summed E-state index contributed by atoms with van der Waals surface area (Å²) in [5, 5.41) is 4.10. The van der Waals surface area contributed by atoms with Gasteiger partial charge in [-0.15, -0.1) is 0 Å². The molecule has 0 aliphatic rings. The highest BCUT2D eigenvalue weighted by atomic mass is 35.5. The van der Waals surface area contributed by atoms with Crippen LogP contribution in [0.3, 0.4) is 0 Å². The first-order valence-corrected chi connectivity index (χ1v) is 9.61. The lowest BCUT2D eigenvalue weighted by Crippen LogP contribution is -2.21. The molecule has 0 radical (unpaired) electrons. The first-order chi connectivity index (χ1) is 13.4. The number of nitrogens with one attached hydrogen (secondary N) is 1. The molecule has 9 heteroatoms. The number of fused-ring (bicyclic) bond motifs is 1. The largest absolute Gasteiger partial charge is 0.495 e. The number of hydrogen-bond donors (Lipinski definition) is 1. The average molecular weight is 420 g/mol. The zero-order valence-electron chi connectivity index (χ0n) is 15.5. The zero-order chi connectivity index (χ0) is 20.3. The summed E-state index contributed by atoms with van der Waals surface area (Å²) in [6.45, 7) is 0. The van der Waals surface area contributed by atoms with Gasteiger partial charge in [0.1, 0.15) is 11.5 Å². The van der Waals surface area contributed by atoms with Crippen molar-refractivity contribution < 1.29 is 14.3 Å². The fourth-order valence-corrected chi connectivity index (χ4v) is 3.61. The quantitative estimate of drug-likeness (QED) is 0.487. The van der Waals surface area contributed by atoms with Crippen LogP contribution in [0.2, 0.25) is 5.02 Å². The van der Waals surface area contributed by atoms with Crippen molar-refractivity contribution in [2.24, 2.45) is 7.05 Å². The fourth-order valence-electron chi connectivity index (χ4n) is 2.60. The van der Waals surface area contributed by atoms with Gasteiger partial charge in [0.05, 0.1) is 41.6 Å². The van der Waals surface area contributed by atoms with E-state index < -0.39 is 0 Å². The van der Waals surface area contributed by atoms with E-state index in [1.54, 1.807) is 37.4 Å². The lowest BCUT2D eigenvalue weighted by atomic mass is 10.2. The van der Waals surface area contributed by atoms with E-state index in [2.05, 4.69) is 10.3 Å². The molecule has 0 fully saturated rings. The average Bonchev–Trinajstić information content (AvgIpc) is 2.70. The maximum Gasteiger partial charge on any atom is 0.261 e. The molecule has 0 bridgehead atoms. The van der Waals surface area contributed by atoms with Crippen LogP contribution in [-0.4, -0.2) is 35.4 Å². The smallest absolute Gasteiger partial charge is 0.261 e. The minimum absolute atomic E-state index is 0.0609. The van der Waals surface area contributed by atoms with Gasteiger partial charge >= 0.3 is 0 Å². The molecular formula is C19H18ClN3O4S. The van der Waals surface area contributed by atoms with E-state index >= 15 is 0 Å². The lowest BCUT2D eigenvalue weighted by Gasteiger charge is -2.13. The van der Waals surface area contributed by atoms with E-state index in [9.17, 15) is 9.59 Å². The summed E-state index contributed by atoms with van der Waals surface area (Å²) in [6, 6.07) is 10.3. The molecule has 1 heterocycles. The van der Waals surface area contributed by atoms with Gasteiger partial charge in [0.15, 0.2) is 5.16 Å². The van der Waals surface area contributed by atoms with Gasteiger partial charge in [0, 0.05) is 13.1 Å². The van der Waals surface area contributed by atoms with Crippen LogP contribution in [-0.2, 0) is 11.8 Å². The van der Waals surface area contributed by atoms with Crippen LogP contribution in [0.1, 0.15) is 0 Å². The summed E-state index contributed by atoms with van der Waals surface area (Å²) in [5.74, 6) is 0.648. The molecule has 0 aliphatic heterocycles. The van der Waals surface area contributed by atoms with Crippen LogP contribution in [0.15, 0.2) is 46.3 Å². The number of para-hydroxylation sites is 1. The molecule has 3 aromatic rings. The van der Waals surface area contributed by atoms with Gasteiger partial charge in [0.2, 0.25) is 5.91 Å². The summed E-state index contributed by atoms with van der Waals surface area (Å²) in [4.78, 5) is 29.3. The Balaban J connectivity index is 1.77. The zero-order valence-corrected chi connectivity index (χ0v) is 17.1. The van der Waals surface area contributed by atoms with Crippen molar-refractivity contribution in [2.75, 3.05) is 25.3 Å². The number of methoxy groups -OCH3 is 2. The van der Waals surface area contributed by atoms with Crippen molar-refractivity contribution in [3.05, 3.63) is 51.8 Å². The number of benzene rings is 2. The van der Waals surface area contributed by atoms with Gasteiger partial charge in [0.25, 0.3) is 5.56 Å². The van der Waals surface area contributed by atoms with E-state index in [-0.39, 0.29) is 17.2 Å². The summed E-state index contributed by atoms with van der Waals surface area (Å²) in [7, 11) is 4.62. The Hall–Kier alpha value is -2.71. The Labute approximate surface area is 170 Å². The Kier molecular flexibility index (Phi) is 6.11. The molecule has 0 saturated carbocycles. The molecule has 7 nitrogen and oxygen atoms in total. The maximum atomic E-state index is 12.4. The minimum Gasteiger partial charge on any atom is -0.495 e. The Bertz CT molecular complexity index is 1100. The second-order valence-electron chi connectivity index (χ2n) is 5.80. The number of carbonyl (C=O) groups excluding carboxylic acids is 1. The molecule has 0 spiro atoms. The second-order valence-corrected chi connectivity index (χ2v) is 7.15. The lowest BCUT2D eigenvalue weighted by molar-refractivity contribution is -0.113. The van der Waals surface area contributed by atoms with Gasteiger partial charge in [-0.2, -0.15) is 0 Å². The van der Waals surface area contributed by atoms with Gasteiger partial charge in [-0.05, 0) is 18.2 Å². The van der Waals surface area contributed by atoms with Crippen LogP contribution in [0.4, 0.5) is 5.69 Å². The summed E-state index contributed by atoms with van der Waals surface area (Å²) in [6.07, 6.45) is 0. The highest BCUT2D eigenvalue weighted by molar-refractivity contribution is 7.99. The number of aromatic nitrogens is 2. The highest BCUT2D eigenvalue weighted by Crippen LogP contribution is 2.36. The van der Waals surface area contributed by atoms with Gasteiger partial charge in [-0.1, -0.05) is 35.5 Å². The fraction of sp³-hybridized carbons (Fsp3) is 0.211. The Morgan fingerprint density at radius 1 is 1.21 bits per heavy atom. The topological polar surface area (TPSA) is 82.5 Å². The number of nitrogens with zero attached hydrogens (tertiary/aromatic N) is 2. The number of rotatable bonds is 6. The van der Waals surface area contributed by atoms with Crippen molar-refractivity contribution in [3.63, 3.8) is 0 Å². The van der Waals surface area contributed by atoms with Crippen LogP contribution in [0, 0.1) is 0 Å². The number of halogens is 1. The third-order valence-corrected chi connectivity index (χ3v) is 5.35. The molecule has 0 aliphatic carbocycles. The predicted octanol–water partition coefficient (Wildman–Crippen LogP) is 3.33. The minimum atomic E-state index is -0.285. The SMILES string of the molecule is COc1cc(OC)c(NC(=O)CSc2nc3ccccc3c(=O)n2C)cc1Cl. The first-order valence-electron chi connectivity index (χ1n) is 8.24. The number of ether oxygens (including phenoxy) is 2. The summed E-state index contributed by atoms with van der Waals surface area (Å²) >= 11 is 7.29. The van der Waals surface area contributed by atoms with Crippen molar-refractivity contribution in [1.29, 1.82) is 0 Å². The normalized spacial score (nSPS) is 10.7. The molecule has 0 saturated heterocycles. The van der Waals surface area contributed by atoms with Gasteiger partial charge in [-0.3, -0.25) is 14.2 Å². The van der Waals surface area contributed by atoms with Crippen molar-refractivity contribution in [2.45, 2.75) is 5.16 Å². The summed E-state index contributed by atoms with van der Waals surface area (Å²) < 4.78 is 11.9. The standard InChI is InChI=1S/C19H18ClN3O4S/c1-23-18(25)11-6-4-5-7-13(11)22-19(23)28-10-17(24)21-14-8-12(20)15(26-2)9-16(14)27-3/h4-9H,10H2,1-3H3,(H,21,24). The number of thioether (sulfide) groups is 1. The first kappa shape index (κ1) is 20.0. The molecule has 0 atom stereocenters. The second kappa shape index (κ2) is 8.53. The van der Waals surface area contributed by atoms with Crippen LogP contribution in [0.5, 0.6) is 11.5 Å². The number of amides is 1. The van der Waals surface area contributed by atoms with Crippen molar-refractivity contribution in [3.8, 4) is 11.5 Å². The Morgan fingerprint density at radius 3 is 2.64 bits per heavy atom. The number of anilines is 1. The van der Waals surface area contributed by atoms with E-state index in [1.165, 1.54) is 30.5 Å². The number of hydrogen-bond acceptors (Lipinski definition) is 6. The molecule has 3 rings (SSSR count). The molecular weight excluding hydrogens is 402 g/mol. The predicted molar refractivity (Wildman–Crippen MR) is 111 cm³/mol. The molecule has 146 valence electrons. The van der Waals surface area contributed by atoms with Gasteiger partial charge < -0.3 is 14.8 Å². The van der Waals surface area contributed by atoms with Crippen LogP contribution in [0.25, 0.3) is 10.9 Å². The van der Waals surface area contributed by atoms with Crippen molar-refractivity contribution in [1.82, 2.24) is 9.55 Å². The third kappa shape index (κ3) is 4.07. The monoisotopic (exact) mass is 419 g/mol. The Morgan fingerprint density at radius 2 is 1.93 bits per heavy atom. The number of carbonyl (C=O) groups is 1. The van der Waals surface area contributed by atoms with Crippen LogP contribution >= 0.6 is 23.4 Å². The molecule has 1 aromatic heterocycles. The molecule has 28 heavy (non-hydrogen) atoms. The van der Waals surface area contributed by atoms with Gasteiger partial charge in [-0.25, -0.2) is 4.98 Å². The molecule has 1 N–H and O–H groups in total. The summed E-state index contributed by atoms with van der Waals surface area (Å²) in [5.41, 5.74) is 0.869. The van der Waals surface area contributed by atoms with E-state index in [4.69, 9.17) is 21.1 Å². The third-order valence-electron chi connectivity index (χ3n) is 4.02.